The number of rotatable bonds is 7. The Labute approximate surface area is 131 Å². The molecule has 0 spiro atoms. The highest BCUT2D eigenvalue weighted by Crippen LogP contribution is 2.23. The molecule has 0 unspecified atom stereocenters. The van der Waals surface area contributed by atoms with Gasteiger partial charge < -0.3 is 20.5 Å². The largest absolute Gasteiger partial charge is 0.482 e. The number of anilines is 1. The van der Waals surface area contributed by atoms with Crippen molar-refractivity contribution in [2.24, 2.45) is 5.92 Å². The fourth-order valence-corrected chi connectivity index (χ4v) is 1.60. The summed E-state index contributed by atoms with van der Waals surface area (Å²) in [6, 6.07) is 4.59. The molecule has 1 aromatic carbocycles. The lowest BCUT2D eigenvalue weighted by molar-refractivity contribution is -0.123. The van der Waals surface area contributed by atoms with Gasteiger partial charge >= 0.3 is 5.97 Å². The molecule has 6 heteroatoms. The molecule has 0 aliphatic heterocycles. The SMILES string of the molecule is CC(C)CNC(=O)COc1ccc(C(=O)OC(C)C)cc1N. The van der Waals surface area contributed by atoms with Gasteiger partial charge in [0.15, 0.2) is 6.61 Å². The molecule has 0 bridgehead atoms. The van der Waals surface area contributed by atoms with Gasteiger partial charge in [-0.1, -0.05) is 13.8 Å². The summed E-state index contributed by atoms with van der Waals surface area (Å²) in [4.78, 5) is 23.3. The lowest BCUT2D eigenvalue weighted by Crippen LogP contribution is -2.31. The fraction of sp³-hybridized carbons (Fsp3) is 0.500. The predicted octanol–water partition coefficient (Wildman–Crippen LogP) is 1.99. The number of amides is 1. The molecule has 122 valence electrons. The normalized spacial score (nSPS) is 10.6. The number of hydrogen-bond donors (Lipinski definition) is 2. The number of nitrogens with two attached hydrogens (primary N) is 1. The molecule has 22 heavy (non-hydrogen) atoms. The van der Waals surface area contributed by atoms with Crippen molar-refractivity contribution >= 4 is 17.6 Å². The van der Waals surface area contributed by atoms with Crippen LogP contribution >= 0.6 is 0 Å². The number of hydrogen-bond acceptors (Lipinski definition) is 5. The molecule has 3 N–H and O–H groups in total. The van der Waals surface area contributed by atoms with Crippen molar-refractivity contribution in [3.8, 4) is 5.75 Å². The van der Waals surface area contributed by atoms with Crippen molar-refractivity contribution in [2.45, 2.75) is 33.8 Å². The van der Waals surface area contributed by atoms with Gasteiger partial charge in [-0.3, -0.25) is 4.79 Å². The maximum atomic E-state index is 11.8. The van der Waals surface area contributed by atoms with Crippen LogP contribution in [0.5, 0.6) is 5.75 Å². The standard InChI is InChI=1S/C16H24N2O4/c1-10(2)8-18-15(19)9-21-14-6-5-12(7-13(14)17)16(20)22-11(3)4/h5-7,10-11H,8-9,17H2,1-4H3,(H,18,19). The van der Waals surface area contributed by atoms with E-state index in [1.807, 2.05) is 13.8 Å². The molecule has 1 aromatic rings. The summed E-state index contributed by atoms with van der Waals surface area (Å²) in [5, 5.41) is 2.74. The number of nitrogens with one attached hydrogen (secondary N) is 1. The van der Waals surface area contributed by atoms with E-state index < -0.39 is 5.97 Å². The number of carbonyl (C=O) groups is 2. The van der Waals surface area contributed by atoms with Gasteiger partial charge in [0.05, 0.1) is 17.4 Å². The van der Waals surface area contributed by atoms with Gasteiger partial charge in [-0.25, -0.2) is 4.79 Å². The fourth-order valence-electron chi connectivity index (χ4n) is 1.60. The zero-order valence-corrected chi connectivity index (χ0v) is 13.5. The van der Waals surface area contributed by atoms with Gasteiger partial charge in [0, 0.05) is 6.54 Å². The van der Waals surface area contributed by atoms with E-state index in [9.17, 15) is 9.59 Å². The smallest absolute Gasteiger partial charge is 0.338 e. The Kier molecular flexibility index (Phi) is 6.69. The third-order valence-corrected chi connectivity index (χ3v) is 2.65. The average Bonchev–Trinajstić information content (AvgIpc) is 2.42. The first-order valence-corrected chi connectivity index (χ1v) is 7.29. The number of esters is 1. The van der Waals surface area contributed by atoms with E-state index in [1.54, 1.807) is 26.0 Å². The van der Waals surface area contributed by atoms with E-state index in [2.05, 4.69) is 5.32 Å². The third-order valence-electron chi connectivity index (χ3n) is 2.65. The topological polar surface area (TPSA) is 90.6 Å². The van der Waals surface area contributed by atoms with E-state index >= 15 is 0 Å². The number of ether oxygens (including phenoxy) is 2. The summed E-state index contributed by atoms with van der Waals surface area (Å²) < 4.78 is 10.4. The molecule has 0 heterocycles. The van der Waals surface area contributed by atoms with Crippen molar-refractivity contribution in [2.75, 3.05) is 18.9 Å². The van der Waals surface area contributed by atoms with Crippen molar-refractivity contribution in [3.05, 3.63) is 23.8 Å². The second-order valence-corrected chi connectivity index (χ2v) is 5.69. The third kappa shape index (κ3) is 6.03. The molecule has 6 nitrogen and oxygen atoms in total. The molecule has 1 amide bonds. The van der Waals surface area contributed by atoms with Crippen LogP contribution in [0.3, 0.4) is 0 Å². The van der Waals surface area contributed by atoms with Gasteiger partial charge in [0.1, 0.15) is 5.75 Å². The summed E-state index contributed by atoms with van der Waals surface area (Å²) in [5.74, 6) is 0.0837. The van der Waals surface area contributed by atoms with E-state index in [0.717, 1.165) is 0 Å². The van der Waals surface area contributed by atoms with Crippen molar-refractivity contribution in [1.82, 2.24) is 5.32 Å². The van der Waals surface area contributed by atoms with E-state index in [4.69, 9.17) is 15.2 Å². The minimum atomic E-state index is -0.442. The minimum Gasteiger partial charge on any atom is -0.482 e. The molecule has 0 saturated carbocycles. The van der Waals surface area contributed by atoms with Crippen molar-refractivity contribution in [1.29, 1.82) is 0 Å². The minimum absolute atomic E-state index is 0.118. The van der Waals surface area contributed by atoms with E-state index in [-0.39, 0.29) is 24.3 Å². The van der Waals surface area contributed by atoms with E-state index in [0.29, 0.717) is 23.8 Å². The molecular weight excluding hydrogens is 284 g/mol. The van der Waals surface area contributed by atoms with Crippen molar-refractivity contribution < 1.29 is 19.1 Å². The van der Waals surface area contributed by atoms with Crippen LogP contribution in [0.2, 0.25) is 0 Å². The Bertz CT molecular complexity index is 527. The Morgan fingerprint density at radius 2 is 1.91 bits per heavy atom. The van der Waals surface area contributed by atoms with Crippen LogP contribution in [0.1, 0.15) is 38.1 Å². The first-order valence-electron chi connectivity index (χ1n) is 7.29. The molecule has 0 saturated heterocycles. The summed E-state index contributed by atoms with van der Waals surface area (Å²) in [6.07, 6.45) is -0.200. The molecule has 0 radical (unpaired) electrons. The molecular formula is C16H24N2O4. The Balaban J connectivity index is 2.59. The molecule has 0 atom stereocenters. The zero-order chi connectivity index (χ0) is 16.7. The molecule has 0 aliphatic rings. The Morgan fingerprint density at radius 3 is 2.45 bits per heavy atom. The molecule has 0 aliphatic carbocycles. The van der Waals surface area contributed by atoms with Crippen LogP contribution in [0, 0.1) is 5.92 Å². The number of nitrogen functional groups attached to an aromatic ring is 1. The lowest BCUT2D eigenvalue weighted by atomic mass is 10.2. The van der Waals surface area contributed by atoms with Crippen LogP contribution in [-0.4, -0.2) is 31.1 Å². The Morgan fingerprint density at radius 1 is 1.23 bits per heavy atom. The van der Waals surface area contributed by atoms with Gasteiger partial charge in [-0.05, 0) is 38.0 Å². The molecule has 1 rings (SSSR count). The highest BCUT2D eigenvalue weighted by Gasteiger charge is 2.12. The van der Waals surface area contributed by atoms with Crippen LogP contribution < -0.4 is 15.8 Å². The maximum Gasteiger partial charge on any atom is 0.338 e. The maximum absolute atomic E-state index is 11.8. The quantitative estimate of drug-likeness (QED) is 0.594. The van der Waals surface area contributed by atoms with Gasteiger partial charge in [-0.2, -0.15) is 0 Å². The summed E-state index contributed by atoms with van der Waals surface area (Å²) in [5.41, 5.74) is 6.47. The second kappa shape index (κ2) is 8.26. The first-order chi connectivity index (χ1) is 10.3. The summed E-state index contributed by atoms with van der Waals surface area (Å²) in [7, 11) is 0. The highest BCUT2D eigenvalue weighted by atomic mass is 16.5. The highest BCUT2D eigenvalue weighted by molar-refractivity contribution is 5.91. The van der Waals surface area contributed by atoms with Gasteiger partial charge in [-0.15, -0.1) is 0 Å². The average molecular weight is 308 g/mol. The van der Waals surface area contributed by atoms with Crippen LogP contribution in [-0.2, 0) is 9.53 Å². The zero-order valence-electron chi connectivity index (χ0n) is 13.5. The van der Waals surface area contributed by atoms with Gasteiger partial charge in [0.2, 0.25) is 0 Å². The summed E-state index contributed by atoms with van der Waals surface area (Å²) in [6.45, 7) is 8.04. The van der Waals surface area contributed by atoms with Crippen molar-refractivity contribution in [3.63, 3.8) is 0 Å². The van der Waals surface area contributed by atoms with Crippen LogP contribution in [0.15, 0.2) is 18.2 Å². The molecule has 0 aromatic heterocycles. The second-order valence-electron chi connectivity index (χ2n) is 5.69. The monoisotopic (exact) mass is 308 g/mol. The van der Waals surface area contributed by atoms with Crippen LogP contribution in [0.4, 0.5) is 5.69 Å². The predicted molar refractivity (Wildman–Crippen MR) is 84.7 cm³/mol. The van der Waals surface area contributed by atoms with Crippen LogP contribution in [0.25, 0.3) is 0 Å². The first kappa shape index (κ1) is 17.8. The van der Waals surface area contributed by atoms with E-state index in [1.165, 1.54) is 6.07 Å². The number of carbonyl (C=O) groups excluding carboxylic acids is 2. The molecule has 0 fully saturated rings. The summed E-state index contributed by atoms with van der Waals surface area (Å²) >= 11 is 0. The number of benzene rings is 1. The Hall–Kier alpha value is -2.24. The lowest BCUT2D eigenvalue weighted by Gasteiger charge is -2.12. The van der Waals surface area contributed by atoms with Gasteiger partial charge in [0.25, 0.3) is 5.91 Å².